The van der Waals surface area contributed by atoms with Gasteiger partial charge in [0.15, 0.2) is 5.82 Å². The summed E-state index contributed by atoms with van der Waals surface area (Å²) in [4.78, 5) is 40.8. The van der Waals surface area contributed by atoms with E-state index >= 15 is 0 Å². The second-order valence-electron chi connectivity index (χ2n) is 9.18. The summed E-state index contributed by atoms with van der Waals surface area (Å²) in [5.74, 6) is -0.101. The third kappa shape index (κ3) is 7.72. The Morgan fingerprint density at radius 3 is 2.52 bits per heavy atom. The number of H-pyrrole nitrogens is 1. The van der Waals surface area contributed by atoms with Crippen LogP contribution in [0.25, 0.3) is 22.6 Å². The molecule has 0 bridgehead atoms. The Labute approximate surface area is 232 Å². The van der Waals surface area contributed by atoms with E-state index in [1.165, 1.54) is 0 Å². The number of thioether (sulfide) groups is 1. The fraction of sp³-hybridized carbons (Fsp3) is 0.423. The van der Waals surface area contributed by atoms with Crippen molar-refractivity contribution in [2.45, 2.75) is 32.0 Å². The highest BCUT2D eigenvalue weighted by Gasteiger charge is 2.38. The monoisotopic (exact) mass is 578 g/mol. The van der Waals surface area contributed by atoms with E-state index < -0.39 is 12.1 Å². The lowest BCUT2D eigenvalue weighted by molar-refractivity contribution is -0.192. The van der Waals surface area contributed by atoms with Crippen LogP contribution >= 0.6 is 11.8 Å². The largest absolute Gasteiger partial charge is 0.490 e. The van der Waals surface area contributed by atoms with Gasteiger partial charge in [0.05, 0.1) is 25.1 Å². The number of amides is 1. The van der Waals surface area contributed by atoms with Gasteiger partial charge < -0.3 is 25.0 Å². The lowest BCUT2D eigenvalue weighted by atomic mass is 10.1. The van der Waals surface area contributed by atoms with Gasteiger partial charge in [0.2, 0.25) is 0 Å². The number of carboxylic acid groups (broad SMARTS) is 1. The number of alkyl halides is 3. The molecular weight excluding hydrogens is 549 g/mol. The number of anilines is 1. The molecule has 0 radical (unpaired) electrons. The number of carbonyl (C=O) groups excluding carboxylic acids is 1. The molecule has 10 nitrogen and oxygen atoms in total. The highest BCUT2D eigenvalue weighted by molar-refractivity contribution is 7.99. The maximum Gasteiger partial charge on any atom is 0.490 e. The van der Waals surface area contributed by atoms with Gasteiger partial charge in [-0.3, -0.25) is 14.8 Å². The minimum Gasteiger partial charge on any atom is -0.475 e. The maximum absolute atomic E-state index is 12.8. The van der Waals surface area contributed by atoms with Crippen molar-refractivity contribution >= 4 is 29.3 Å². The first-order chi connectivity index (χ1) is 19.1. The molecular formula is C26H29F3N6O4S. The Kier molecular flexibility index (Phi) is 9.63. The van der Waals surface area contributed by atoms with E-state index in [-0.39, 0.29) is 11.9 Å². The lowest BCUT2D eigenvalue weighted by Crippen LogP contribution is -2.37. The molecule has 2 aliphatic heterocycles. The molecule has 214 valence electrons. The maximum atomic E-state index is 12.8. The van der Waals surface area contributed by atoms with Crippen LogP contribution in [-0.4, -0.2) is 86.9 Å². The van der Waals surface area contributed by atoms with Crippen molar-refractivity contribution in [3.63, 3.8) is 0 Å². The van der Waals surface area contributed by atoms with Crippen LogP contribution in [0.2, 0.25) is 0 Å². The van der Waals surface area contributed by atoms with Gasteiger partial charge in [0.25, 0.3) is 5.91 Å². The van der Waals surface area contributed by atoms with Crippen molar-refractivity contribution in [1.29, 1.82) is 0 Å². The zero-order valence-electron chi connectivity index (χ0n) is 21.7. The molecule has 2 fully saturated rings. The van der Waals surface area contributed by atoms with Crippen molar-refractivity contribution < 1.29 is 32.6 Å². The Hall–Kier alpha value is -3.65. The average molecular weight is 579 g/mol. The number of aromatic amines is 1. The number of carboxylic acids is 1. The van der Waals surface area contributed by atoms with Crippen LogP contribution in [-0.2, 0) is 9.53 Å². The molecule has 0 aromatic carbocycles. The molecule has 0 unspecified atom stereocenters. The molecule has 1 amide bonds. The van der Waals surface area contributed by atoms with E-state index in [2.05, 4.69) is 36.2 Å². The van der Waals surface area contributed by atoms with Crippen molar-refractivity contribution in [3.05, 3.63) is 48.2 Å². The molecule has 0 saturated carbocycles. The van der Waals surface area contributed by atoms with E-state index in [9.17, 15) is 18.0 Å². The quantitative estimate of drug-likeness (QED) is 0.412. The second-order valence-corrected chi connectivity index (χ2v) is 10.4. The van der Waals surface area contributed by atoms with Gasteiger partial charge in [-0.2, -0.15) is 24.9 Å². The Morgan fingerprint density at radius 2 is 1.85 bits per heavy atom. The average Bonchev–Trinajstić information content (AvgIpc) is 3.36. The van der Waals surface area contributed by atoms with Crippen LogP contribution in [0.5, 0.6) is 0 Å². The molecule has 5 heterocycles. The summed E-state index contributed by atoms with van der Waals surface area (Å²) in [5, 5.41) is 10.3. The van der Waals surface area contributed by atoms with Crippen LogP contribution in [0, 0.1) is 6.92 Å². The number of imidazole rings is 1. The minimum absolute atomic E-state index is 0.120. The van der Waals surface area contributed by atoms with Gasteiger partial charge in [-0.15, -0.1) is 0 Å². The Balaban J connectivity index is 0.000000470. The number of nitrogens with zero attached hydrogens (tertiary/aromatic N) is 4. The van der Waals surface area contributed by atoms with Crippen molar-refractivity contribution in [1.82, 2.24) is 25.3 Å². The van der Waals surface area contributed by atoms with Crippen LogP contribution in [0.15, 0.2) is 36.8 Å². The highest BCUT2D eigenvalue weighted by atomic mass is 32.2. The predicted octanol–water partition coefficient (Wildman–Crippen LogP) is 3.94. The number of pyridine rings is 2. The van der Waals surface area contributed by atoms with Crippen molar-refractivity contribution in [2.75, 3.05) is 42.7 Å². The fourth-order valence-corrected chi connectivity index (χ4v) is 5.32. The summed E-state index contributed by atoms with van der Waals surface area (Å²) in [5.41, 5.74) is 4.98. The fourth-order valence-electron chi connectivity index (χ4n) is 4.22. The van der Waals surface area contributed by atoms with E-state index in [1.54, 1.807) is 6.20 Å². The van der Waals surface area contributed by atoms with Gasteiger partial charge in [0, 0.05) is 42.8 Å². The molecule has 0 aliphatic carbocycles. The highest BCUT2D eigenvalue weighted by Crippen LogP contribution is 2.27. The standard InChI is InChI=1S/C24H28N6O2S.C2HF3O2/c1-16-22(24(31)28-19-3-10-33-11-4-19)29-23(27-16)21-13-17(2-5-26-21)18-12-20(15-25-14-18)30-6-8-32-9-7-30;3-2(4,5)1(6)7/h2,5,12-15,19H,3-4,6-11H2,1H3,(H,27,29)(H,28,31);(H,6,7). The minimum atomic E-state index is -5.08. The number of halogens is 3. The number of ether oxygens (including phenoxy) is 1. The van der Waals surface area contributed by atoms with Crippen LogP contribution in [0.3, 0.4) is 0 Å². The van der Waals surface area contributed by atoms with E-state index in [1.807, 2.05) is 43.2 Å². The van der Waals surface area contributed by atoms with Crippen LogP contribution in [0.4, 0.5) is 18.9 Å². The van der Waals surface area contributed by atoms with E-state index in [0.29, 0.717) is 17.2 Å². The summed E-state index contributed by atoms with van der Waals surface area (Å²) in [7, 11) is 0. The summed E-state index contributed by atoms with van der Waals surface area (Å²) in [6.07, 6.45) is 2.45. The normalized spacial score (nSPS) is 16.1. The molecule has 40 heavy (non-hydrogen) atoms. The molecule has 14 heteroatoms. The predicted molar refractivity (Wildman–Crippen MR) is 144 cm³/mol. The lowest BCUT2D eigenvalue weighted by Gasteiger charge is -2.28. The molecule has 0 atom stereocenters. The number of rotatable bonds is 5. The molecule has 2 saturated heterocycles. The summed E-state index contributed by atoms with van der Waals surface area (Å²) in [6, 6.07) is 6.32. The van der Waals surface area contributed by atoms with Crippen LogP contribution in [0.1, 0.15) is 29.0 Å². The van der Waals surface area contributed by atoms with Gasteiger partial charge in [-0.1, -0.05) is 0 Å². The topological polar surface area (TPSA) is 133 Å². The molecule has 3 aromatic rings. The van der Waals surface area contributed by atoms with E-state index in [0.717, 1.165) is 73.2 Å². The third-order valence-electron chi connectivity index (χ3n) is 6.33. The van der Waals surface area contributed by atoms with Gasteiger partial charge >= 0.3 is 12.1 Å². The number of hydrogen-bond donors (Lipinski definition) is 3. The number of aliphatic carboxylic acids is 1. The van der Waals surface area contributed by atoms with Crippen molar-refractivity contribution in [2.24, 2.45) is 0 Å². The first kappa shape index (κ1) is 29.3. The van der Waals surface area contributed by atoms with Gasteiger partial charge in [-0.05, 0) is 55.0 Å². The number of aryl methyl sites for hydroxylation is 1. The number of carbonyl (C=O) groups is 2. The zero-order chi connectivity index (χ0) is 28.7. The number of morpholine rings is 1. The SMILES string of the molecule is Cc1[nH]c(-c2cc(-c3cncc(N4CCOCC4)c3)ccn2)nc1C(=O)NC1CCSCC1.O=C(O)C(F)(F)F. The Bertz CT molecular complexity index is 1320. The number of hydrogen-bond acceptors (Lipinski definition) is 8. The van der Waals surface area contributed by atoms with Crippen molar-refractivity contribution in [3.8, 4) is 22.6 Å². The van der Waals surface area contributed by atoms with E-state index in [4.69, 9.17) is 14.6 Å². The zero-order valence-corrected chi connectivity index (χ0v) is 22.5. The Morgan fingerprint density at radius 1 is 1.15 bits per heavy atom. The van der Waals surface area contributed by atoms with Gasteiger partial charge in [0.1, 0.15) is 11.4 Å². The number of aromatic nitrogens is 4. The first-order valence-electron chi connectivity index (χ1n) is 12.6. The summed E-state index contributed by atoms with van der Waals surface area (Å²) >= 11 is 1.94. The molecule has 0 spiro atoms. The van der Waals surface area contributed by atoms with Crippen LogP contribution < -0.4 is 10.2 Å². The molecule has 5 rings (SSSR count). The first-order valence-corrected chi connectivity index (χ1v) is 13.8. The molecule has 2 aliphatic rings. The second kappa shape index (κ2) is 13.1. The summed E-state index contributed by atoms with van der Waals surface area (Å²) in [6.45, 7) is 5.07. The smallest absolute Gasteiger partial charge is 0.475 e. The molecule has 3 N–H and O–H groups in total. The summed E-state index contributed by atoms with van der Waals surface area (Å²) < 4.78 is 37.2. The number of nitrogens with one attached hydrogen (secondary N) is 2. The third-order valence-corrected chi connectivity index (χ3v) is 7.38. The molecule has 3 aromatic heterocycles. The van der Waals surface area contributed by atoms with Gasteiger partial charge in [-0.25, -0.2) is 9.78 Å².